The van der Waals surface area contributed by atoms with Crippen LogP contribution in [-0.4, -0.2) is 50.6 Å². The summed E-state index contributed by atoms with van der Waals surface area (Å²) in [6.07, 6.45) is 5.56. The van der Waals surface area contributed by atoms with Gasteiger partial charge in [-0.05, 0) is 81.4 Å². The van der Waals surface area contributed by atoms with Crippen LogP contribution in [-0.2, 0) is 4.79 Å². The molecule has 166 valence electrons. The number of methoxy groups -OCH3 is 1. The van der Waals surface area contributed by atoms with Gasteiger partial charge >= 0.3 is 0 Å². The number of carbonyl (C=O) groups excluding carboxylic acids is 1. The molecule has 2 N–H and O–H groups in total. The molecule has 0 radical (unpaired) electrons. The van der Waals surface area contributed by atoms with E-state index in [0.29, 0.717) is 24.8 Å². The molecule has 29 heavy (non-hydrogen) atoms. The maximum Gasteiger partial charge on any atom is 0.220 e. The monoisotopic (exact) mass is 445 g/mol. The van der Waals surface area contributed by atoms with Gasteiger partial charge in [-0.25, -0.2) is 0 Å². The summed E-state index contributed by atoms with van der Waals surface area (Å²) in [5.41, 5.74) is 1.22. The van der Waals surface area contributed by atoms with Crippen LogP contribution in [0.25, 0.3) is 0 Å². The van der Waals surface area contributed by atoms with Crippen molar-refractivity contribution in [2.45, 2.75) is 45.1 Å². The van der Waals surface area contributed by atoms with Gasteiger partial charge in [0.25, 0.3) is 0 Å². The van der Waals surface area contributed by atoms with E-state index in [-0.39, 0.29) is 36.8 Å². The minimum absolute atomic E-state index is 0. The number of piperidine rings is 1. The SMILES string of the molecule is COc1cccc(C(CNC(=O)CC(C)C2CCCNC2)N2CCCC2)c1.Cl.Cl. The lowest BCUT2D eigenvalue weighted by Crippen LogP contribution is -2.39. The molecule has 0 saturated carbocycles. The van der Waals surface area contributed by atoms with Crippen molar-refractivity contribution < 1.29 is 9.53 Å². The molecule has 1 amide bonds. The lowest BCUT2D eigenvalue weighted by atomic mass is 9.85. The van der Waals surface area contributed by atoms with Crippen LogP contribution >= 0.6 is 24.8 Å². The second-order valence-corrected chi connectivity index (χ2v) is 8.13. The molecule has 3 unspecified atom stereocenters. The first kappa shape index (κ1) is 26.0. The van der Waals surface area contributed by atoms with E-state index in [1.807, 2.05) is 12.1 Å². The van der Waals surface area contributed by atoms with Crippen molar-refractivity contribution in [3.63, 3.8) is 0 Å². The van der Waals surface area contributed by atoms with Gasteiger partial charge in [0.1, 0.15) is 5.75 Å². The zero-order chi connectivity index (χ0) is 19.1. The van der Waals surface area contributed by atoms with Crippen LogP contribution in [0.5, 0.6) is 5.75 Å². The summed E-state index contributed by atoms with van der Waals surface area (Å²) in [6.45, 7) is 7.25. The molecule has 3 atom stereocenters. The van der Waals surface area contributed by atoms with Gasteiger partial charge in [0, 0.05) is 13.0 Å². The summed E-state index contributed by atoms with van der Waals surface area (Å²) in [5, 5.41) is 6.68. The first-order valence-electron chi connectivity index (χ1n) is 10.5. The van der Waals surface area contributed by atoms with E-state index >= 15 is 0 Å². The van der Waals surface area contributed by atoms with Crippen molar-refractivity contribution in [1.82, 2.24) is 15.5 Å². The zero-order valence-electron chi connectivity index (χ0n) is 17.7. The van der Waals surface area contributed by atoms with Crippen molar-refractivity contribution in [1.29, 1.82) is 0 Å². The van der Waals surface area contributed by atoms with E-state index in [4.69, 9.17) is 4.74 Å². The summed E-state index contributed by atoms with van der Waals surface area (Å²) in [7, 11) is 1.70. The Balaban J connectivity index is 0.00000210. The standard InChI is InChI=1S/C22H35N3O2.2ClH/c1-17(19-8-6-10-23-15-19)13-22(26)24-16-21(25-11-3-4-12-25)18-7-5-9-20(14-18)27-2;;/h5,7,9,14,17,19,21,23H,3-4,6,8,10-13,15-16H2,1-2H3,(H,24,26);2*1H. The number of nitrogens with zero attached hydrogens (tertiary/aromatic N) is 1. The van der Waals surface area contributed by atoms with Gasteiger partial charge in [-0.1, -0.05) is 19.1 Å². The Labute approximate surface area is 188 Å². The third-order valence-corrected chi connectivity index (χ3v) is 6.20. The van der Waals surface area contributed by atoms with E-state index < -0.39 is 0 Å². The molecule has 0 spiro atoms. The predicted octanol–water partition coefficient (Wildman–Crippen LogP) is 3.82. The highest BCUT2D eigenvalue weighted by Gasteiger charge is 2.26. The Morgan fingerprint density at radius 2 is 2.03 bits per heavy atom. The quantitative estimate of drug-likeness (QED) is 0.638. The smallest absolute Gasteiger partial charge is 0.220 e. The molecule has 1 aromatic carbocycles. The van der Waals surface area contributed by atoms with Crippen molar-refractivity contribution in [2.75, 3.05) is 39.8 Å². The fraction of sp³-hybridized carbons (Fsp3) is 0.682. The highest BCUT2D eigenvalue weighted by molar-refractivity contribution is 5.85. The third-order valence-electron chi connectivity index (χ3n) is 6.20. The molecule has 2 aliphatic rings. The Kier molecular flexibility index (Phi) is 12.0. The molecule has 2 heterocycles. The summed E-state index contributed by atoms with van der Waals surface area (Å²) in [4.78, 5) is 15.1. The Hall–Kier alpha value is -1.01. The van der Waals surface area contributed by atoms with E-state index in [0.717, 1.165) is 31.9 Å². The first-order chi connectivity index (χ1) is 13.2. The Morgan fingerprint density at radius 1 is 1.28 bits per heavy atom. The largest absolute Gasteiger partial charge is 0.497 e. The molecular weight excluding hydrogens is 409 g/mol. The van der Waals surface area contributed by atoms with Gasteiger partial charge in [-0.15, -0.1) is 24.8 Å². The average Bonchev–Trinajstić information content (AvgIpc) is 3.23. The van der Waals surface area contributed by atoms with Crippen LogP contribution in [0.15, 0.2) is 24.3 Å². The van der Waals surface area contributed by atoms with Gasteiger partial charge in [0.05, 0.1) is 13.2 Å². The van der Waals surface area contributed by atoms with Crippen LogP contribution in [0.4, 0.5) is 0 Å². The van der Waals surface area contributed by atoms with E-state index in [2.05, 4.69) is 34.6 Å². The predicted molar refractivity (Wildman–Crippen MR) is 123 cm³/mol. The number of likely N-dealkylation sites (tertiary alicyclic amines) is 1. The topological polar surface area (TPSA) is 53.6 Å². The number of hydrogen-bond donors (Lipinski definition) is 2. The molecule has 5 nitrogen and oxygen atoms in total. The van der Waals surface area contributed by atoms with Crippen LogP contribution in [0, 0.1) is 11.8 Å². The molecule has 0 aliphatic carbocycles. The number of amides is 1. The molecule has 2 saturated heterocycles. The van der Waals surface area contributed by atoms with Crippen LogP contribution in [0.1, 0.15) is 50.6 Å². The normalized spacial score (nSPS) is 21.4. The van der Waals surface area contributed by atoms with Gasteiger partial charge in [0.2, 0.25) is 5.91 Å². The maximum atomic E-state index is 12.6. The molecular formula is C22H37Cl2N3O2. The Morgan fingerprint density at radius 3 is 2.69 bits per heavy atom. The van der Waals surface area contributed by atoms with Crippen LogP contribution < -0.4 is 15.4 Å². The van der Waals surface area contributed by atoms with Crippen molar-refractivity contribution in [3.8, 4) is 5.75 Å². The zero-order valence-corrected chi connectivity index (χ0v) is 19.3. The van der Waals surface area contributed by atoms with Gasteiger partial charge in [-0.3, -0.25) is 9.69 Å². The van der Waals surface area contributed by atoms with Crippen LogP contribution in [0.2, 0.25) is 0 Å². The summed E-state index contributed by atoms with van der Waals surface area (Å²) in [5.74, 6) is 2.11. The molecule has 1 aromatic rings. The number of benzene rings is 1. The average molecular weight is 446 g/mol. The summed E-state index contributed by atoms with van der Waals surface area (Å²) >= 11 is 0. The van der Waals surface area contributed by atoms with Crippen LogP contribution in [0.3, 0.4) is 0 Å². The van der Waals surface area contributed by atoms with Crippen molar-refractivity contribution in [2.24, 2.45) is 11.8 Å². The van der Waals surface area contributed by atoms with Gasteiger partial charge in [0.15, 0.2) is 0 Å². The van der Waals surface area contributed by atoms with Gasteiger partial charge < -0.3 is 15.4 Å². The number of carbonyl (C=O) groups is 1. The van der Waals surface area contributed by atoms with Crippen molar-refractivity contribution in [3.05, 3.63) is 29.8 Å². The second-order valence-electron chi connectivity index (χ2n) is 8.13. The fourth-order valence-corrected chi connectivity index (χ4v) is 4.47. The number of ether oxygens (including phenoxy) is 1. The fourth-order valence-electron chi connectivity index (χ4n) is 4.47. The number of rotatable bonds is 8. The van der Waals surface area contributed by atoms with E-state index in [1.54, 1.807) is 7.11 Å². The highest BCUT2D eigenvalue weighted by Crippen LogP contribution is 2.27. The lowest BCUT2D eigenvalue weighted by molar-refractivity contribution is -0.122. The lowest BCUT2D eigenvalue weighted by Gasteiger charge is -2.30. The van der Waals surface area contributed by atoms with E-state index in [1.165, 1.54) is 31.2 Å². The molecule has 2 fully saturated rings. The number of halogens is 2. The van der Waals surface area contributed by atoms with Gasteiger partial charge in [-0.2, -0.15) is 0 Å². The number of nitrogens with one attached hydrogen (secondary N) is 2. The third kappa shape index (κ3) is 7.63. The first-order valence-corrected chi connectivity index (χ1v) is 10.5. The molecule has 7 heteroatoms. The number of hydrogen-bond acceptors (Lipinski definition) is 4. The van der Waals surface area contributed by atoms with Crippen molar-refractivity contribution >= 4 is 30.7 Å². The highest BCUT2D eigenvalue weighted by atomic mass is 35.5. The molecule has 3 rings (SSSR count). The Bertz CT molecular complexity index is 605. The second kappa shape index (κ2) is 13.3. The molecule has 0 bridgehead atoms. The summed E-state index contributed by atoms with van der Waals surface area (Å²) < 4.78 is 5.40. The molecule has 2 aliphatic heterocycles. The minimum atomic E-state index is 0. The molecule has 0 aromatic heterocycles. The summed E-state index contributed by atoms with van der Waals surface area (Å²) in [6, 6.07) is 8.48. The minimum Gasteiger partial charge on any atom is -0.497 e. The van der Waals surface area contributed by atoms with E-state index in [9.17, 15) is 4.79 Å². The maximum absolute atomic E-state index is 12.6.